The van der Waals surface area contributed by atoms with Gasteiger partial charge in [0.15, 0.2) is 0 Å². The molecule has 0 amide bonds. The van der Waals surface area contributed by atoms with E-state index in [2.05, 4.69) is 4.72 Å². The third-order valence-corrected chi connectivity index (χ3v) is 6.31. The first-order valence-corrected chi connectivity index (χ1v) is 9.51. The lowest BCUT2D eigenvalue weighted by Crippen LogP contribution is -2.49. The number of piperidine rings is 1. The van der Waals surface area contributed by atoms with Gasteiger partial charge in [0.1, 0.15) is 5.60 Å². The lowest BCUT2D eigenvalue weighted by atomic mass is 9.79. The summed E-state index contributed by atoms with van der Waals surface area (Å²) in [6.45, 7) is 1.19. The maximum Gasteiger partial charge on any atom is 0.279 e. The number of aryl methyl sites for hydroxylation is 1. The van der Waals surface area contributed by atoms with Gasteiger partial charge in [0, 0.05) is 19.6 Å². The molecule has 6 heteroatoms. The number of hydrogen-bond donors (Lipinski definition) is 2. The van der Waals surface area contributed by atoms with Crippen molar-refractivity contribution in [1.29, 1.82) is 0 Å². The van der Waals surface area contributed by atoms with Crippen molar-refractivity contribution in [2.45, 2.75) is 44.1 Å². The van der Waals surface area contributed by atoms with Gasteiger partial charge in [-0.15, -0.1) is 0 Å². The topological polar surface area (TPSA) is 69.6 Å². The molecule has 1 saturated heterocycles. The minimum absolute atomic E-state index is 0.0445. The second-order valence-electron chi connectivity index (χ2n) is 6.33. The molecule has 1 aromatic carbocycles. The zero-order valence-corrected chi connectivity index (χ0v) is 13.6. The van der Waals surface area contributed by atoms with E-state index < -0.39 is 15.8 Å². The Labute approximate surface area is 132 Å². The van der Waals surface area contributed by atoms with E-state index in [1.807, 2.05) is 24.3 Å². The number of aliphatic hydroxyl groups is 1. The normalized spacial score (nSPS) is 26.6. The van der Waals surface area contributed by atoms with Crippen LogP contribution in [-0.2, 0) is 22.2 Å². The van der Waals surface area contributed by atoms with Crippen LogP contribution in [0.4, 0.5) is 0 Å². The fourth-order valence-electron chi connectivity index (χ4n) is 3.49. The summed E-state index contributed by atoms with van der Waals surface area (Å²) >= 11 is 0. The molecule has 2 aliphatic rings. The molecule has 0 radical (unpaired) electrons. The Balaban J connectivity index is 1.73. The Hall–Kier alpha value is -0.950. The van der Waals surface area contributed by atoms with E-state index >= 15 is 0 Å². The smallest absolute Gasteiger partial charge is 0.279 e. The van der Waals surface area contributed by atoms with Crippen LogP contribution in [0, 0.1) is 0 Å². The number of hydrogen-bond acceptors (Lipinski definition) is 3. The Kier molecular flexibility index (Phi) is 4.54. The first kappa shape index (κ1) is 15.9. The average Bonchev–Trinajstić information content (AvgIpc) is 2.55. The minimum Gasteiger partial charge on any atom is -0.384 e. The summed E-state index contributed by atoms with van der Waals surface area (Å²) in [5.41, 5.74) is 0.883. The van der Waals surface area contributed by atoms with Crippen molar-refractivity contribution in [2.75, 3.05) is 19.6 Å². The van der Waals surface area contributed by atoms with Crippen LogP contribution < -0.4 is 4.72 Å². The second kappa shape index (κ2) is 6.28. The molecule has 22 heavy (non-hydrogen) atoms. The van der Waals surface area contributed by atoms with Gasteiger partial charge in [-0.3, -0.25) is 0 Å². The monoisotopic (exact) mass is 324 g/mol. The molecule has 1 aliphatic carbocycles. The first-order valence-electron chi connectivity index (χ1n) is 8.07. The van der Waals surface area contributed by atoms with Crippen molar-refractivity contribution < 1.29 is 13.5 Å². The fraction of sp³-hybridized carbons (Fsp3) is 0.625. The Morgan fingerprint density at radius 3 is 2.64 bits per heavy atom. The first-order chi connectivity index (χ1) is 10.5. The van der Waals surface area contributed by atoms with Gasteiger partial charge in [-0.1, -0.05) is 30.7 Å². The van der Waals surface area contributed by atoms with Crippen LogP contribution in [0.2, 0.25) is 0 Å². The molecule has 5 nitrogen and oxygen atoms in total. The average molecular weight is 324 g/mol. The zero-order chi connectivity index (χ0) is 15.6. The van der Waals surface area contributed by atoms with E-state index in [1.165, 1.54) is 4.31 Å². The molecule has 1 aromatic rings. The Morgan fingerprint density at radius 2 is 1.86 bits per heavy atom. The molecule has 1 fully saturated rings. The van der Waals surface area contributed by atoms with Crippen LogP contribution in [0.25, 0.3) is 0 Å². The van der Waals surface area contributed by atoms with Crippen molar-refractivity contribution in [3.63, 3.8) is 0 Å². The van der Waals surface area contributed by atoms with Gasteiger partial charge in [-0.25, -0.2) is 0 Å². The molecular weight excluding hydrogens is 300 g/mol. The van der Waals surface area contributed by atoms with E-state index in [1.54, 1.807) is 0 Å². The third kappa shape index (κ3) is 3.20. The summed E-state index contributed by atoms with van der Waals surface area (Å²) in [7, 11) is -3.50. The Morgan fingerprint density at radius 1 is 1.14 bits per heavy atom. The SMILES string of the molecule is O=S(=O)(NCC1(O)CCCc2ccccc21)N1CCCCC1. The van der Waals surface area contributed by atoms with Gasteiger partial charge in [0.05, 0.1) is 0 Å². The fourth-order valence-corrected chi connectivity index (χ4v) is 4.83. The second-order valence-corrected chi connectivity index (χ2v) is 8.08. The summed E-state index contributed by atoms with van der Waals surface area (Å²) in [5, 5.41) is 10.9. The van der Waals surface area contributed by atoms with Crippen molar-refractivity contribution in [3.8, 4) is 0 Å². The van der Waals surface area contributed by atoms with Crippen molar-refractivity contribution >= 4 is 10.2 Å². The van der Waals surface area contributed by atoms with Crippen molar-refractivity contribution in [1.82, 2.24) is 9.03 Å². The molecule has 1 atom stereocenters. The number of nitrogens with one attached hydrogen (secondary N) is 1. The number of nitrogens with zero attached hydrogens (tertiary/aromatic N) is 1. The lowest BCUT2D eigenvalue weighted by Gasteiger charge is -2.35. The minimum atomic E-state index is -3.50. The van der Waals surface area contributed by atoms with E-state index in [-0.39, 0.29) is 6.54 Å². The molecule has 0 bridgehead atoms. The van der Waals surface area contributed by atoms with E-state index in [4.69, 9.17) is 0 Å². The maximum atomic E-state index is 12.4. The largest absolute Gasteiger partial charge is 0.384 e. The maximum absolute atomic E-state index is 12.4. The van der Waals surface area contributed by atoms with Crippen LogP contribution in [0.15, 0.2) is 24.3 Å². The number of benzene rings is 1. The standard InChI is InChI=1S/C16H24N2O3S/c19-16(10-6-8-14-7-2-3-9-15(14)16)13-17-22(20,21)18-11-4-1-5-12-18/h2-3,7,9,17,19H,1,4-6,8,10-13H2. The molecule has 0 aromatic heterocycles. The highest BCUT2D eigenvalue weighted by Gasteiger charge is 2.36. The molecule has 1 unspecified atom stereocenters. The zero-order valence-electron chi connectivity index (χ0n) is 12.8. The van der Waals surface area contributed by atoms with E-state index in [0.717, 1.165) is 43.2 Å². The van der Waals surface area contributed by atoms with E-state index in [9.17, 15) is 13.5 Å². The van der Waals surface area contributed by atoms with Crippen molar-refractivity contribution in [2.24, 2.45) is 0 Å². The molecule has 2 N–H and O–H groups in total. The summed E-state index contributed by atoms with van der Waals surface area (Å²) in [5.74, 6) is 0. The molecular formula is C16H24N2O3S. The molecule has 122 valence electrons. The molecule has 0 saturated carbocycles. The predicted molar refractivity (Wildman–Crippen MR) is 85.6 cm³/mol. The highest BCUT2D eigenvalue weighted by Crippen LogP contribution is 2.34. The van der Waals surface area contributed by atoms with Crippen LogP contribution in [-0.4, -0.2) is 37.5 Å². The summed E-state index contributed by atoms with van der Waals surface area (Å²) in [6, 6.07) is 7.78. The quantitative estimate of drug-likeness (QED) is 0.882. The highest BCUT2D eigenvalue weighted by atomic mass is 32.2. The van der Waals surface area contributed by atoms with Crippen molar-refractivity contribution in [3.05, 3.63) is 35.4 Å². The van der Waals surface area contributed by atoms with Crippen LogP contribution in [0.3, 0.4) is 0 Å². The highest BCUT2D eigenvalue weighted by molar-refractivity contribution is 7.87. The molecule has 1 aliphatic heterocycles. The Bertz CT molecular complexity index is 626. The lowest BCUT2D eigenvalue weighted by molar-refractivity contribution is 0.0239. The van der Waals surface area contributed by atoms with Gasteiger partial charge in [0.25, 0.3) is 10.2 Å². The van der Waals surface area contributed by atoms with Gasteiger partial charge in [0.2, 0.25) is 0 Å². The predicted octanol–water partition coefficient (Wildman–Crippen LogP) is 1.53. The third-order valence-electron chi connectivity index (χ3n) is 4.76. The summed E-state index contributed by atoms with van der Waals surface area (Å²) < 4.78 is 28.9. The summed E-state index contributed by atoms with van der Waals surface area (Å²) in [4.78, 5) is 0. The van der Waals surface area contributed by atoms with Crippen LogP contribution >= 0.6 is 0 Å². The number of rotatable bonds is 4. The van der Waals surface area contributed by atoms with E-state index in [0.29, 0.717) is 19.5 Å². The number of fused-ring (bicyclic) bond motifs is 1. The van der Waals surface area contributed by atoms with Gasteiger partial charge < -0.3 is 5.11 Å². The molecule has 3 rings (SSSR count). The molecule has 0 spiro atoms. The van der Waals surface area contributed by atoms with Crippen LogP contribution in [0.1, 0.15) is 43.2 Å². The van der Waals surface area contributed by atoms with Gasteiger partial charge in [-0.2, -0.15) is 17.4 Å². The van der Waals surface area contributed by atoms with Gasteiger partial charge in [-0.05, 0) is 43.2 Å². The molecule has 1 heterocycles. The van der Waals surface area contributed by atoms with Gasteiger partial charge >= 0.3 is 0 Å². The summed E-state index contributed by atoms with van der Waals surface area (Å²) in [6.07, 6.45) is 5.31. The van der Waals surface area contributed by atoms with Crippen LogP contribution in [0.5, 0.6) is 0 Å².